The number of amides is 1. The first-order valence-electron chi connectivity index (χ1n) is 9.20. The van der Waals surface area contributed by atoms with Gasteiger partial charge in [0.05, 0.1) is 5.75 Å². The quantitative estimate of drug-likeness (QED) is 0.507. The van der Waals surface area contributed by atoms with Crippen molar-refractivity contribution < 1.29 is 13.6 Å². The number of carbonyl (C=O) groups is 1. The summed E-state index contributed by atoms with van der Waals surface area (Å²) in [6.07, 6.45) is 0. The number of anilines is 1. The van der Waals surface area contributed by atoms with E-state index in [2.05, 4.69) is 15.5 Å². The second-order valence-corrected chi connectivity index (χ2v) is 9.86. The molecule has 0 aliphatic carbocycles. The zero-order valence-corrected chi connectivity index (χ0v) is 18.2. The van der Waals surface area contributed by atoms with E-state index in [1.807, 2.05) is 0 Å². The lowest BCUT2D eigenvalue weighted by molar-refractivity contribution is -0.128. The molecule has 2 heterocycles. The van der Waals surface area contributed by atoms with Gasteiger partial charge in [0.1, 0.15) is 17.0 Å². The molecule has 0 saturated carbocycles. The van der Waals surface area contributed by atoms with Gasteiger partial charge in [-0.25, -0.2) is 8.78 Å². The van der Waals surface area contributed by atoms with Crippen molar-refractivity contribution in [1.82, 2.24) is 15.1 Å². The van der Waals surface area contributed by atoms with Crippen molar-refractivity contribution in [1.29, 1.82) is 0 Å². The maximum atomic E-state index is 14.1. The second kappa shape index (κ2) is 9.76. The van der Waals surface area contributed by atoms with Gasteiger partial charge in [-0.3, -0.25) is 4.79 Å². The molecule has 3 aromatic rings. The van der Waals surface area contributed by atoms with Crippen molar-refractivity contribution in [2.45, 2.75) is 16.3 Å². The molecule has 1 amide bonds. The van der Waals surface area contributed by atoms with Gasteiger partial charge in [-0.2, -0.15) is 0 Å². The van der Waals surface area contributed by atoms with Crippen LogP contribution in [0.1, 0.15) is 16.5 Å². The molecule has 1 unspecified atom stereocenters. The standard InChI is InChI=1S/C20H18F2N4OS3/c21-14-7-5-13(6-8-14)11-23-19-24-25-20(30-19)29-12-17(27)26-9-10-28-18(26)15-3-1-2-4-16(15)22/h1-8,18H,9-12H2,(H,23,24). The summed E-state index contributed by atoms with van der Waals surface area (Å²) in [6.45, 7) is 1.11. The molecule has 5 nitrogen and oxygen atoms in total. The summed E-state index contributed by atoms with van der Waals surface area (Å²) in [5, 5.41) is 11.7. The molecule has 1 aromatic heterocycles. The number of thioether (sulfide) groups is 2. The van der Waals surface area contributed by atoms with Crippen molar-refractivity contribution >= 4 is 45.9 Å². The maximum absolute atomic E-state index is 14.1. The van der Waals surface area contributed by atoms with Gasteiger partial charge >= 0.3 is 0 Å². The monoisotopic (exact) mass is 464 g/mol. The van der Waals surface area contributed by atoms with E-state index in [1.165, 1.54) is 41.3 Å². The Bertz CT molecular complexity index is 1020. The Morgan fingerprint density at radius 2 is 1.97 bits per heavy atom. The Labute approximate surface area is 185 Å². The van der Waals surface area contributed by atoms with Gasteiger partial charge in [-0.05, 0) is 23.8 Å². The maximum Gasteiger partial charge on any atom is 0.234 e. The van der Waals surface area contributed by atoms with E-state index in [0.717, 1.165) is 11.3 Å². The fourth-order valence-corrected chi connectivity index (χ4v) is 5.92. The Morgan fingerprint density at radius 3 is 2.77 bits per heavy atom. The van der Waals surface area contributed by atoms with Crippen LogP contribution in [0.25, 0.3) is 0 Å². The van der Waals surface area contributed by atoms with Crippen molar-refractivity contribution in [2.75, 3.05) is 23.4 Å². The van der Waals surface area contributed by atoms with E-state index < -0.39 is 0 Å². The molecule has 1 aliphatic heterocycles. The fourth-order valence-electron chi connectivity index (χ4n) is 2.98. The third kappa shape index (κ3) is 5.11. The smallest absolute Gasteiger partial charge is 0.234 e. The highest BCUT2D eigenvalue weighted by Gasteiger charge is 2.32. The highest BCUT2D eigenvalue weighted by atomic mass is 32.2. The van der Waals surface area contributed by atoms with E-state index in [0.29, 0.717) is 28.1 Å². The molecule has 0 radical (unpaired) electrons. The molecule has 1 aliphatic rings. The highest BCUT2D eigenvalue weighted by molar-refractivity contribution is 8.01. The first-order valence-corrected chi connectivity index (χ1v) is 12.1. The summed E-state index contributed by atoms with van der Waals surface area (Å²) in [5.74, 6) is 0.397. The number of hydrogen-bond donors (Lipinski definition) is 1. The number of aromatic nitrogens is 2. The number of halogens is 2. The van der Waals surface area contributed by atoms with Gasteiger partial charge in [0.15, 0.2) is 4.34 Å². The molecular formula is C20H18F2N4OS3. The number of benzene rings is 2. The zero-order valence-electron chi connectivity index (χ0n) is 15.8. The molecule has 1 fully saturated rings. The minimum atomic E-state index is -0.290. The van der Waals surface area contributed by atoms with E-state index in [4.69, 9.17) is 0 Å². The summed E-state index contributed by atoms with van der Waals surface area (Å²) in [7, 11) is 0. The predicted molar refractivity (Wildman–Crippen MR) is 118 cm³/mol. The van der Waals surface area contributed by atoms with Crippen molar-refractivity contribution in [2.24, 2.45) is 0 Å². The summed E-state index contributed by atoms with van der Waals surface area (Å²) < 4.78 is 27.8. The molecule has 0 bridgehead atoms. The van der Waals surface area contributed by atoms with Gasteiger partial charge in [-0.1, -0.05) is 53.4 Å². The summed E-state index contributed by atoms with van der Waals surface area (Å²) >= 11 is 4.26. The van der Waals surface area contributed by atoms with E-state index in [1.54, 1.807) is 47.0 Å². The number of rotatable bonds is 7. The minimum absolute atomic E-state index is 0.0470. The predicted octanol–water partition coefficient (Wildman–Crippen LogP) is 4.79. The average Bonchev–Trinajstić information content (AvgIpc) is 3.42. The van der Waals surface area contributed by atoms with Crippen LogP contribution in [0.4, 0.5) is 13.9 Å². The Balaban J connectivity index is 1.31. The van der Waals surface area contributed by atoms with Gasteiger partial charge in [0, 0.05) is 24.4 Å². The van der Waals surface area contributed by atoms with Gasteiger partial charge in [-0.15, -0.1) is 22.0 Å². The molecule has 1 N–H and O–H groups in total. The topological polar surface area (TPSA) is 58.1 Å². The van der Waals surface area contributed by atoms with Crippen LogP contribution in [0, 0.1) is 11.6 Å². The van der Waals surface area contributed by atoms with Crippen molar-refractivity contribution in [3.05, 3.63) is 71.3 Å². The van der Waals surface area contributed by atoms with E-state index in [9.17, 15) is 13.6 Å². The Hall–Kier alpha value is -2.17. The van der Waals surface area contributed by atoms with Crippen LogP contribution in [0.15, 0.2) is 52.9 Å². The van der Waals surface area contributed by atoms with Gasteiger partial charge in [0.2, 0.25) is 11.0 Å². The molecule has 1 atom stereocenters. The third-order valence-electron chi connectivity index (χ3n) is 4.47. The number of nitrogens with zero attached hydrogens (tertiary/aromatic N) is 3. The summed E-state index contributed by atoms with van der Waals surface area (Å²) in [5.41, 5.74) is 1.48. The van der Waals surface area contributed by atoms with Crippen LogP contribution in [0.2, 0.25) is 0 Å². The molecule has 1 saturated heterocycles. The molecule has 30 heavy (non-hydrogen) atoms. The lowest BCUT2D eigenvalue weighted by Gasteiger charge is -2.24. The van der Waals surface area contributed by atoms with Crippen LogP contribution < -0.4 is 5.32 Å². The summed E-state index contributed by atoms with van der Waals surface area (Å²) in [4.78, 5) is 14.5. The number of nitrogens with one attached hydrogen (secondary N) is 1. The normalized spacial score (nSPS) is 16.1. The van der Waals surface area contributed by atoms with Crippen LogP contribution in [-0.4, -0.2) is 39.1 Å². The van der Waals surface area contributed by atoms with Crippen molar-refractivity contribution in [3.63, 3.8) is 0 Å². The van der Waals surface area contributed by atoms with Crippen molar-refractivity contribution in [3.8, 4) is 0 Å². The molecule has 2 aromatic carbocycles. The van der Waals surface area contributed by atoms with Crippen LogP contribution in [0.3, 0.4) is 0 Å². The number of carbonyl (C=O) groups excluding carboxylic acids is 1. The van der Waals surface area contributed by atoms with Gasteiger partial charge in [0.25, 0.3) is 0 Å². The largest absolute Gasteiger partial charge is 0.356 e. The second-order valence-electron chi connectivity index (χ2n) is 6.47. The minimum Gasteiger partial charge on any atom is -0.356 e. The lowest BCUT2D eigenvalue weighted by atomic mass is 10.2. The molecule has 10 heteroatoms. The van der Waals surface area contributed by atoms with Crippen LogP contribution >= 0.6 is 34.9 Å². The zero-order chi connectivity index (χ0) is 20.9. The molecule has 156 valence electrons. The first-order chi connectivity index (χ1) is 14.6. The highest BCUT2D eigenvalue weighted by Crippen LogP contribution is 2.39. The van der Waals surface area contributed by atoms with Gasteiger partial charge < -0.3 is 10.2 Å². The fraction of sp³-hybridized carbons (Fsp3) is 0.250. The average molecular weight is 465 g/mol. The summed E-state index contributed by atoms with van der Waals surface area (Å²) in [6, 6.07) is 12.8. The molecule has 4 rings (SSSR count). The molecular weight excluding hydrogens is 446 g/mol. The van der Waals surface area contributed by atoms with E-state index in [-0.39, 0.29) is 28.7 Å². The first kappa shape index (κ1) is 21.1. The van der Waals surface area contributed by atoms with Crippen LogP contribution in [-0.2, 0) is 11.3 Å². The molecule has 0 spiro atoms. The lowest BCUT2D eigenvalue weighted by Crippen LogP contribution is -2.32. The number of hydrogen-bond acceptors (Lipinski definition) is 7. The van der Waals surface area contributed by atoms with E-state index >= 15 is 0 Å². The Kier molecular flexibility index (Phi) is 6.86. The van der Waals surface area contributed by atoms with Crippen LogP contribution in [0.5, 0.6) is 0 Å². The SMILES string of the molecule is O=C(CSc1nnc(NCc2ccc(F)cc2)s1)N1CCSC1c1ccccc1F. The third-order valence-corrected chi connectivity index (χ3v) is 7.71. The Morgan fingerprint density at radius 1 is 1.17 bits per heavy atom.